The molecule has 39 heavy (non-hydrogen) atoms. The average Bonchev–Trinajstić information content (AvgIpc) is 3.53. The lowest BCUT2D eigenvalue weighted by Gasteiger charge is -2.49. The number of aliphatic carboxylic acids is 1. The van der Waals surface area contributed by atoms with Crippen molar-refractivity contribution in [2.24, 2.45) is 5.16 Å². The molecule has 2 aromatic rings. The molecule has 208 valence electrons. The van der Waals surface area contributed by atoms with Crippen LogP contribution in [0.15, 0.2) is 31.7 Å². The van der Waals surface area contributed by atoms with Gasteiger partial charge >= 0.3 is 11.9 Å². The van der Waals surface area contributed by atoms with E-state index in [-0.39, 0.29) is 22.2 Å². The number of ether oxygens (including phenoxy) is 1. The number of hydrogen-bond donors (Lipinski definition) is 3. The summed E-state index contributed by atoms with van der Waals surface area (Å²) in [4.78, 5) is 60.5. The number of nitrogens with zero attached hydrogens (tertiary/aromatic N) is 5. The van der Waals surface area contributed by atoms with Gasteiger partial charge in [0, 0.05) is 16.9 Å². The van der Waals surface area contributed by atoms with E-state index in [1.807, 2.05) is 0 Å². The molecular weight excluding hydrogens is 591 g/mol. The van der Waals surface area contributed by atoms with Crippen molar-refractivity contribution < 1.29 is 33.9 Å². The summed E-state index contributed by atoms with van der Waals surface area (Å²) in [5.74, 6) is -2.64. The highest BCUT2D eigenvalue weighted by Crippen LogP contribution is 2.41. The summed E-state index contributed by atoms with van der Waals surface area (Å²) < 4.78 is 5.83. The number of carboxylic acids is 1. The van der Waals surface area contributed by atoms with Gasteiger partial charge in [-0.2, -0.15) is 0 Å². The minimum Gasteiger partial charge on any atom is -0.477 e. The predicted octanol–water partition coefficient (Wildman–Crippen LogP) is 1.17. The van der Waals surface area contributed by atoms with E-state index >= 15 is 0 Å². The lowest BCUT2D eigenvalue weighted by Crippen LogP contribution is -2.71. The fourth-order valence-electron chi connectivity index (χ4n) is 3.50. The zero-order chi connectivity index (χ0) is 28.3. The van der Waals surface area contributed by atoms with E-state index < -0.39 is 47.4 Å². The number of amides is 2. The molecule has 4 N–H and O–H groups in total. The molecule has 4 rings (SSSR count). The number of hydrogen-bond acceptors (Lipinski definition) is 15. The van der Waals surface area contributed by atoms with E-state index in [0.29, 0.717) is 21.4 Å². The van der Waals surface area contributed by atoms with Crippen molar-refractivity contribution >= 4 is 80.8 Å². The number of esters is 1. The third-order valence-corrected chi connectivity index (χ3v) is 8.94. The van der Waals surface area contributed by atoms with Gasteiger partial charge in [-0.25, -0.2) is 14.6 Å². The van der Waals surface area contributed by atoms with Crippen molar-refractivity contribution in [3.63, 3.8) is 0 Å². The third kappa shape index (κ3) is 6.87. The zero-order valence-corrected chi connectivity index (χ0v) is 24.0. The van der Waals surface area contributed by atoms with Gasteiger partial charge in [-0.1, -0.05) is 28.3 Å². The first-order valence-corrected chi connectivity index (χ1v) is 15.0. The van der Waals surface area contributed by atoms with Gasteiger partial charge in [-0.05, 0) is 26.3 Å². The van der Waals surface area contributed by atoms with Crippen LogP contribution in [0.2, 0.25) is 0 Å². The fourth-order valence-corrected chi connectivity index (χ4v) is 7.02. The summed E-state index contributed by atoms with van der Waals surface area (Å²) in [6.07, 6.45) is 0. The number of carboxylic acid groups (broad SMARTS) is 1. The van der Waals surface area contributed by atoms with Gasteiger partial charge in [0.05, 0.1) is 0 Å². The molecule has 2 aliphatic rings. The second-order valence-electron chi connectivity index (χ2n) is 8.98. The molecule has 18 heteroatoms. The van der Waals surface area contributed by atoms with E-state index in [0.717, 1.165) is 11.3 Å². The van der Waals surface area contributed by atoms with Gasteiger partial charge in [0.25, 0.3) is 11.8 Å². The number of fused-ring (bicyclic) bond motifs is 1. The van der Waals surface area contributed by atoms with Crippen LogP contribution in [0.4, 0.5) is 5.13 Å². The Morgan fingerprint density at radius 3 is 2.72 bits per heavy atom. The monoisotopic (exact) mass is 613 g/mol. The van der Waals surface area contributed by atoms with Crippen LogP contribution in [0.3, 0.4) is 0 Å². The molecule has 1 fully saturated rings. The number of thiazole rings is 1. The zero-order valence-electron chi connectivity index (χ0n) is 20.8. The van der Waals surface area contributed by atoms with E-state index in [4.69, 9.17) is 15.3 Å². The van der Waals surface area contributed by atoms with E-state index in [1.165, 1.54) is 45.1 Å². The minimum absolute atomic E-state index is 0.0845. The number of nitrogen functional groups attached to an aromatic ring is 1. The number of nitrogens with two attached hydrogens (primary N) is 1. The first-order chi connectivity index (χ1) is 18.4. The third-order valence-electron chi connectivity index (χ3n) is 4.98. The van der Waals surface area contributed by atoms with Crippen molar-refractivity contribution in [2.45, 2.75) is 42.1 Å². The maximum Gasteiger partial charge on any atom is 0.352 e. The molecule has 2 unspecified atom stereocenters. The molecule has 0 radical (unpaired) electrons. The van der Waals surface area contributed by atoms with E-state index in [1.54, 1.807) is 26.3 Å². The molecule has 0 aliphatic carbocycles. The molecule has 2 aliphatic heterocycles. The van der Waals surface area contributed by atoms with Gasteiger partial charge in [-0.15, -0.1) is 33.3 Å². The summed E-state index contributed by atoms with van der Waals surface area (Å²) >= 11 is 5.06. The van der Waals surface area contributed by atoms with Crippen LogP contribution in [0, 0.1) is 0 Å². The second-order valence-corrected chi connectivity index (χ2v) is 13.0. The molecule has 2 amide bonds. The van der Waals surface area contributed by atoms with E-state index in [9.17, 15) is 24.3 Å². The molecule has 14 nitrogen and oxygen atoms in total. The second kappa shape index (κ2) is 11.9. The maximum absolute atomic E-state index is 13.2. The van der Waals surface area contributed by atoms with Gasteiger partial charge in [0.15, 0.2) is 15.2 Å². The molecule has 0 spiro atoms. The Hall–Kier alpha value is -3.22. The van der Waals surface area contributed by atoms with Gasteiger partial charge in [0.2, 0.25) is 6.61 Å². The molecule has 0 aromatic carbocycles. The Kier molecular flexibility index (Phi) is 8.77. The summed E-state index contributed by atoms with van der Waals surface area (Å²) in [6.45, 7) is 4.52. The fraction of sp³-hybridized carbons (Fsp3) is 0.429. The lowest BCUT2D eigenvalue weighted by molar-refractivity contribution is -0.160. The van der Waals surface area contributed by atoms with Crippen LogP contribution in [0.1, 0.15) is 26.5 Å². The van der Waals surface area contributed by atoms with E-state index in [2.05, 4.69) is 25.7 Å². The maximum atomic E-state index is 13.2. The Morgan fingerprint density at radius 2 is 2.10 bits per heavy atom. The highest BCUT2D eigenvalue weighted by molar-refractivity contribution is 8.01. The summed E-state index contributed by atoms with van der Waals surface area (Å²) in [6, 6.07) is -1.01. The van der Waals surface area contributed by atoms with Gasteiger partial charge in [0.1, 0.15) is 33.9 Å². The number of rotatable bonds is 10. The number of oxime groups is 1. The highest BCUT2D eigenvalue weighted by atomic mass is 32.2. The number of aromatic nitrogens is 3. The number of β-lactam (4-membered cyclic amide) rings is 1. The Labute approximate surface area is 238 Å². The number of carbonyl (C=O) groups is 4. The van der Waals surface area contributed by atoms with Crippen molar-refractivity contribution in [3.05, 3.63) is 27.9 Å². The molecule has 1 saturated heterocycles. The first-order valence-electron chi connectivity index (χ1n) is 11.2. The van der Waals surface area contributed by atoms with Crippen molar-refractivity contribution in [1.29, 1.82) is 0 Å². The van der Waals surface area contributed by atoms with Crippen LogP contribution in [-0.2, 0) is 28.8 Å². The minimum atomic E-state index is -1.23. The number of nitrogens with one attached hydrogen (secondary N) is 1. The molecular formula is C21H23N7O7S4. The number of thioether (sulfide) groups is 2. The average molecular weight is 614 g/mol. The standard InChI is InChI=1S/C21H23N7O7S4/c1-21(2,3)35-11(29)4-34-27-12(10-7-37-19(22)24-10)15(30)25-13-16(31)28-14(18(32)33)9(5-36-17(13)28)6-38-20-26-23-8-39-20/h7-8,13,17H,4-6H2,1-3H3,(H2,22,24)(H,25,30)(H,32,33)/b27-12+. The predicted molar refractivity (Wildman–Crippen MR) is 145 cm³/mol. The molecule has 0 bridgehead atoms. The number of carbonyl (C=O) groups excluding carboxylic acids is 3. The van der Waals surface area contributed by atoms with Crippen LogP contribution >= 0.6 is 46.2 Å². The van der Waals surface area contributed by atoms with Crippen molar-refractivity contribution in [2.75, 3.05) is 23.8 Å². The quantitative estimate of drug-likeness (QED) is 0.113. The molecule has 2 atom stereocenters. The van der Waals surface area contributed by atoms with Gasteiger partial charge < -0.3 is 25.7 Å². The molecule has 4 heterocycles. The number of anilines is 1. The van der Waals surface area contributed by atoms with Crippen molar-refractivity contribution in [3.8, 4) is 0 Å². The Bertz CT molecular complexity index is 1340. The van der Waals surface area contributed by atoms with Crippen LogP contribution in [0.5, 0.6) is 0 Å². The lowest BCUT2D eigenvalue weighted by atomic mass is 10.0. The molecule has 2 aromatic heterocycles. The normalized spacial score (nSPS) is 19.3. The topological polar surface area (TPSA) is 199 Å². The first kappa shape index (κ1) is 28.8. The highest BCUT2D eigenvalue weighted by Gasteiger charge is 2.54. The SMILES string of the molecule is CC(C)(C)OC(=O)CO/N=C(/C(=O)NC1C(=O)N2C(C(=O)O)=C(CSc3nncs3)CSC12)c1csc(N)n1. The van der Waals surface area contributed by atoms with Crippen molar-refractivity contribution in [1.82, 2.24) is 25.4 Å². The smallest absolute Gasteiger partial charge is 0.352 e. The molecule has 0 saturated carbocycles. The Morgan fingerprint density at radius 1 is 1.33 bits per heavy atom. The summed E-state index contributed by atoms with van der Waals surface area (Å²) in [5.41, 5.74) is 6.78. The van der Waals surface area contributed by atoms with Crippen LogP contribution < -0.4 is 11.1 Å². The Balaban J connectivity index is 1.46. The summed E-state index contributed by atoms with van der Waals surface area (Å²) in [7, 11) is 0. The van der Waals surface area contributed by atoms with Crippen LogP contribution in [-0.4, -0.2) is 89.8 Å². The largest absolute Gasteiger partial charge is 0.477 e. The van der Waals surface area contributed by atoms with Crippen LogP contribution in [0.25, 0.3) is 0 Å². The van der Waals surface area contributed by atoms with Gasteiger partial charge in [-0.3, -0.25) is 14.5 Å². The summed E-state index contributed by atoms with van der Waals surface area (Å²) in [5, 5.41) is 24.9.